The molecular weight excluding hydrogens is 136 g/mol. The fraction of sp³-hybridized carbons (Fsp3) is 1.00. The van der Waals surface area contributed by atoms with Gasteiger partial charge < -0.3 is 4.74 Å². The van der Waals surface area contributed by atoms with Gasteiger partial charge in [-0.1, -0.05) is 33.6 Å². The molecule has 0 saturated carbocycles. The zero-order chi connectivity index (χ0) is 8.69. The van der Waals surface area contributed by atoms with E-state index in [1.165, 1.54) is 19.3 Å². The first kappa shape index (κ1) is 11.0. The van der Waals surface area contributed by atoms with E-state index in [1.54, 1.807) is 0 Å². The normalized spacial score (nSPS) is 16.4. The van der Waals surface area contributed by atoms with Crippen molar-refractivity contribution in [3.63, 3.8) is 0 Å². The molecule has 0 spiro atoms. The Balaban J connectivity index is 3.22. The summed E-state index contributed by atoms with van der Waals surface area (Å²) in [5.41, 5.74) is 0. The Labute approximate surface area is 71.1 Å². The second-order valence-corrected chi connectivity index (χ2v) is 3.45. The average molecular weight is 158 g/mol. The molecule has 0 rings (SSSR count). The Morgan fingerprint density at radius 2 is 1.82 bits per heavy atom. The smallest absolute Gasteiger partial charge is 0.0547 e. The molecule has 2 unspecified atom stereocenters. The summed E-state index contributed by atoms with van der Waals surface area (Å²) in [6, 6.07) is 0. The summed E-state index contributed by atoms with van der Waals surface area (Å²) in [6.07, 6.45) is 4.09. The van der Waals surface area contributed by atoms with Crippen LogP contribution >= 0.6 is 0 Å². The molecule has 0 radical (unpaired) electrons. The second-order valence-electron chi connectivity index (χ2n) is 3.45. The van der Waals surface area contributed by atoms with Gasteiger partial charge in [-0.3, -0.25) is 0 Å². The van der Waals surface area contributed by atoms with Crippen LogP contribution in [0, 0.1) is 5.92 Å². The summed E-state index contributed by atoms with van der Waals surface area (Å²) in [4.78, 5) is 0. The van der Waals surface area contributed by atoms with E-state index in [0.717, 1.165) is 6.61 Å². The van der Waals surface area contributed by atoms with Crippen molar-refractivity contribution in [2.24, 2.45) is 5.92 Å². The maximum absolute atomic E-state index is 5.64. The third-order valence-corrected chi connectivity index (χ3v) is 2.06. The highest BCUT2D eigenvalue weighted by Gasteiger charge is 2.03. The van der Waals surface area contributed by atoms with Crippen molar-refractivity contribution < 1.29 is 4.74 Å². The Morgan fingerprint density at radius 3 is 2.27 bits per heavy atom. The summed E-state index contributed by atoms with van der Waals surface area (Å²) in [7, 11) is 0. The predicted octanol–water partition coefficient (Wildman–Crippen LogP) is 3.24. The van der Waals surface area contributed by atoms with Gasteiger partial charge in [-0.15, -0.1) is 0 Å². The van der Waals surface area contributed by atoms with Crippen LogP contribution in [0.5, 0.6) is 0 Å². The van der Waals surface area contributed by atoms with Gasteiger partial charge in [-0.25, -0.2) is 0 Å². The van der Waals surface area contributed by atoms with Crippen LogP contribution in [0.4, 0.5) is 0 Å². The lowest BCUT2D eigenvalue weighted by Gasteiger charge is -2.14. The molecule has 0 aromatic heterocycles. The minimum absolute atomic E-state index is 0.453. The molecule has 0 aromatic rings. The molecule has 0 aliphatic rings. The molecular formula is C10H22O. The van der Waals surface area contributed by atoms with Crippen LogP contribution in [-0.4, -0.2) is 12.7 Å². The quantitative estimate of drug-likeness (QED) is 0.576. The van der Waals surface area contributed by atoms with Crippen LogP contribution in [0.1, 0.15) is 47.0 Å². The molecule has 0 fully saturated rings. The van der Waals surface area contributed by atoms with Crippen molar-refractivity contribution in [2.75, 3.05) is 6.61 Å². The molecule has 0 aliphatic carbocycles. The van der Waals surface area contributed by atoms with Crippen molar-refractivity contribution in [3.05, 3.63) is 0 Å². The van der Waals surface area contributed by atoms with E-state index < -0.39 is 0 Å². The van der Waals surface area contributed by atoms with Crippen LogP contribution in [0.25, 0.3) is 0 Å². The maximum atomic E-state index is 5.64. The largest absolute Gasteiger partial charge is 0.378 e. The van der Waals surface area contributed by atoms with E-state index >= 15 is 0 Å². The van der Waals surface area contributed by atoms with E-state index in [-0.39, 0.29) is 0 Å². The lowest BCUT2D eigenvalue weighted by Crippen LogP contribution is -2.13. The van der Waals surface area contributed by atoms with Gasteiger partial charge in [0, 0.05) is 6.61 Å². The predicted molar refractivity (Wildman–Crippen MR) is 49.8 cm³/mol. The zero-order valence-electron chi connectivity index (χ0n) is 8.39. The highest BCUT2D eigenvalue weighted by molar-refractivity contribution is 4.51. The third kappa shape index (κ3) is 6.36. The van der Waals surface area contributed by atoms with Crippen molar-refractivity contribution in [1.29, 1.82) is 0 Å². The van der Waals surface area contributed by atoms with E-state index in [1.807, 2.05) is 0 Å². The van der Waals surface area contributed by atoms with Gasteiger partial charge in [0.1, 0.15) is 0 Å². The maximum Gasteiger partial charge on any atom is 0.0547 e. The van der Waals surface area contributed by atoms with Crippen LogP contribution in [0.2, 0.25) is 0 Å². The van der Waals surface area contributed by atoms with Crippen molar-refractivity contribution in [3.8, 4) is 0 Å². The van der Waals surface area contributed by atoms with E-state index in [2.05, 4.69) is 27.7 Å². The molecule has 0 bridgehead atoms. The van der Waals surface area contributed by atoms with Crippen molar-refractivity contribution in [2.45, 2.75) is 53.1 Å². The van der Waals surface area contributed by atoms with Gasteiger partial charge in [0.2, 0.25) is 0 Å². The fourth-order valence-corrected chi connectivity index (χ4v) is 0.936. The highest BCUT2D eigenvalue weighted by Crippen LogP contribution is 2.06. The first-order valence-electron chi connectivity index (χ1n) is 4.82. The molecule has 1 nitrogen and oxygen atoms in total. The fourth-order valence-electron chi connectivity index (χ4n) is 0.936. The minimum atomic E-state index is 0.453. The lowest BCUT2D eigenvalue weighted by molar-refractivity contribution is 0.0378. The Bertz CT molecular complexity index is 80.9. The van der Waals surface area contributed by atoms with Crippen LogP contribution in [-0.2, 0) is 4.74 Å². The summed E-state index contributed by atoms with van der Waals surface area (Å²) in [6.45, 7) is 9.73. The lowest BCUT2D eigenvalue weighted by atomic mass is 10.1. The molecule has 0 saturated heterocycles. The summed E-state index contributed by atoms with van der Waals surface area (Å²) in [5, 5.41) is 0. The first-order chi connectivity index (χ1) is 5.20. The topological polar surface area (TPSA) is 9.23 Å². The van der Waals surface area contributed by atoms with Gasteiger partial charge in [0.25, 0.3) is 0 Å². The molecule has 11 heavy (non-hydrogen) atoms. The molecule has 1 heteroatoms. The van der Waals surface area contributed by atoms with Crippen molar-refractivity contribution >= 4 is 0 Å². The molecule has 2 atom stereocenters. The van der Waals surface area contributed by atoms with Gasteiger partial charge in [0.05, 0.1) is 6.10 Å². The molecule has 0 N–H and O–H groups in total. The van der Waals surface area contributed by atoms with Gasteiger partial charge in [-0.05, 0) is 19.3 Å². The third-order valence-electron chi connectivity index (χ3n) is 2.06. The number of ether oxygens (including phenoxy) is 1. The molecule has 0 heterocycles. The number of rotatable bonds is 6. The van der Waals surface area contributed by atoms with E-state index in [0.29, 0.717) is 12.0 Å². The Morgan fingerprint density at radius 1 is 1.18 bits per heavy atom. The van der Waals surface area contributed by atoms with Gasteiger partial charge in [-0.2, -0.15) is 0 Å². The summed E-state index contributed by atoms with van der Waals surface area (Å²) >= 11 is 0. The second kappa shape index (κ2) is 6.66. The minimum Gasteiger partial charge on any atom is -0.378 e. The van der Waals surface area contributed by atoms with E-state index in [4.69, 9.17) is 4.74 Å². The molecule has 68 valence electrons. The average Bonchev–Trinajstić information content (AvgIpc) is 2.01. The number of hydrogen-bond acceptors (Lipinski definition) is 1. The summed E-state index contributed by atoms with van der Waals surface area (Å²) in [5.74, 6) is 0.717. The monoisotopic (exact) mass is 158 g/mol. The van der Waals surface area contributed by atoms with Crippen LogP contribution in [0.3, 0.4) is 0 Å². The highest BCUT2D eigenvalue weighted by atomic mass is 16.5. The van der Waals surface area contributed by atoms with Crippen molar-refractivity contribution in [1.82, 2.24) is 0 Å². The van der Waals surface area contributed by atoms with Gasteiger partial charge in [0.15, 0.2) is 0 Å². The Hall–Kier alpha value is -0.0400. The molecule has 0 amide bonds. The standard InChI is InChI=1S/C10H22O/c1-5-7-10(4)11-8-9(3)6-2/h9-10H,5-8H2,1-4H3. The first-order valence-corrected chi connectivity index (χ1v) is 4.82. The Kier molecular flexibility index (Phi) is 6.63. The van der Waals surface area contributed by atoms with Crippen LogP contribution in [0.15, 0.2) is 0 Å². The summed E-state index contributed by atoms with van der Waals surface area (Å²) < 4.78 is 5.64. The molecule has 0 aromatic carbocycles. The SMILES string of the molecule is CCCC(C)OCC(C)CC. The zero-order valence-corrected chi connectivity index (χ0v) is 8.39. The molecule has 0 aliphatic heterocycles. The number of hydrogen-bond donors (Lipinski definition) is 0. The van der Waals surface area contributed by atoms with Crippen LogP contribution < -0.4 is 0 Å². The van der Waals surface area contributed by atoms with Gasteiger partial charge >= 0.3 is 0 Å². The van der Waals surface area contributed by atoms with E-state index in [9.17, 15) is 0 Å².